The van der Waals surface area contributed by atoms with E-state index in [-0.39, 0.29) is 0 Å². The number of fused-ring (bicyclic) bond motifs is 2. The van der Waals surface area contributed by atoms with E-state index < -0.39 is 0 Å². The summed E-state index contributed by atoms with van der Waals surface area (Å²) in [7, 11) is 0. The van der Waals surface area contributed by atoms with E-state index in [1.54, 1.807) is 0 Å². The summed E-state index contributed by atoms with van der Waals surface area (Å²) in [5, 5.41) is 12.4. The molecule has 1 aromatic carbocycles. The number of para-hydroxylation sites is 1. The highest BCUT2D eigenvalue weighted by atomic mass is 15.5. The van der Waals surface area contributed by atoms with Crippen LogP contribution in [0, 0.1) is 17.8 Å². The van der Waals surface area contributed by atoms with Crippen molar-refractivity contribution in [2.75, 3.05) is 5.73 Å². The van der Waals surface area contributed by atoms with Crippen molar-refractivity contribution in [2.45, 2.75) is 38.6 Å². The smallest absolute Gasteiger partial charge is 0.184 e. The third kappa shape index (κ3) is 2.03. The summed E-state index contributed by atoms with van der Waals surface area (Å²) in [6, 6.07) is 8.14. The lowest BCUT2D eigenvalue weighted by Gasteiger charge is -2.28. The maximum Gasteiger partial charge on any atom is 0.184 e. The van der Waals surface area contributed by atoms with E-state index in [1.807, 2.05) is 28.9 Å². The van der Waals surface area contributed by atoms with Crippen LogP contribution in [0.4, 0.5) is 5.69 Å². The Kier molecular flexibility index (Phi) is 2.94. The quantitative estimate of drug-likeness (QED) is 0.879. The number of benzene rings is 1. The van der Waals surface area contributed by atoms with Crippen LogP contribution in [0.2, 0.25) is 0 Å². The summed E-state index contributed by atoms with van der Waals surface area (Å²) < 4.78 is 1.98. The average Bonchev–Trinajstić information content (AvgIpc) is 3.23. The van der Waals surface area contributed by atoms with Crippen LogP contribution in [0.3, 0.4) is 0 Å². The van der Waals surface area contributed by atoms with Crippen molar-refractivity contribution >= 4 is 5.69 Å². The Morgan fingerprint density at radius 3 is 2.81 bits per heavy atom. The van der Waals surface area contributed by atoms with Gasteiger partial charge in [-0.05, 0) is 66.5 Å². The van der Waals surface area contributed by atoms with Crippen molar-refractivity contribution < 1.29 is 0 Å². The summed E-state index contributed by atoms with van der Waals surface area (Å²) >= 11 is 0. The molecule has 5 nitrogen and oxygen atoms in total. The Labute approximate surface area is 124 Å². The first-order valence-electron chi connectivity index (χ1n) is 7.86. The molecule has 1 heterocycles. The summed E-state index contributed by atoms with van der Waals surface area (Å²) in [4.78, 5) is 0. The van der Waals surface area contributed by atoms with E-state index in [0.717, 1.165) is 28.9 Å². The lowest BCUT2D eigenvalue weighted by molar-refractivity contribution is 0.229. The molecule has 2 fully saturated rings. The molecule has 0 spiro atoms. The number of aromatic nitrogens is 4. The minimum atomic E-state index is 0.338. The molecule has 0 saturated heterocycles. The van der Waals surface area contributed by atoms with E-state index in [1.165, 1.54) is 25.7 Å². The molecule has 0 amide bonds. The van der Waals surface area contributed by atoms with Crippen LogP contribution >= 0.6 is 0 Å². The van der Waals surface area contributed by atoms with Crippen molar-refractivity contribution in [1.82, 2.24) is 20.2 Å². The molecule has 2 bridgehead atoms. The predicted octanol–water partition coefficient (Wildman–Crippen LogP) is 2.92. The lowest BCUT2D eigenvalue weighted by atomic mass is 9.84. The van der Waals surface area contributed by atoms with E-state index in [2.05, 4.69) is 22.4 Å². The van der Waals surface area contributed by atoms with Crippen molar-refractivity contribution in [3.63, 3.8) is 0 Å². The van der Waals surface area contributed by atoms with Gasteiger partial charge in [0.25, 0.3) is 0 Å². The van der Waals surface area contributed by atoms with Crippen molar-refractivity contribution in [3.8, 4) is 11.4 Å². The van der Waals surface area contributed by atoms with Crippen LogP contribution in [0.15, 0.2) is 24.3 Å². The minimum Gasteiger partial charge on any atom is -0.398 e. The Bertz CT molecular complexity index is 650. The Balaban J connectivity index is 1.68. The maximum atomic E-state index is 6.09. The average molecular weight is 283 g/mol. The van der Waals surface area contributed by atoms with Gasteiger partial charge in [-0.25, -0.2) is 4.68 Å². The molecule has 4 atom stereocenters. The molecule has 5 heteroatoms. The van der Waals surface area contributed by atoms with Gasteiger partial charge in [-0.15, -0.1) is 5.10 Å². The van der Waals surface area contributed by atoms with Crippen LogP contribution < -0.4 is 5.73 Å². The first-order chi connectivity index (χ1) is 10.2. The van der Waals surface area contributed by atoms with E-state index >= 15 is 0 Å². The number of tetrazole rings is 1. The number of nitrogens with zero attached hydrogens (tertiary/aromatic N) is 4. The van der Waals surface area contributed by atoms with Gasteiger partial charge >= 0.3 is 0 Å². The zero-order valence-electron chi connectivity index (χ0n) is 12.3. The van der Waals surface area contributed by atoms with Gasteiger partial charge in [0.15, 0.2) is 5.82 Å². The largest absolute Gasteiger partial charge is 0.398 e. The fourth-order valence-electron chi connectivity index (χ4n) is 4.41. The van der Waals surface area contributed by atoms with Crippen LogP contribution in [0.25, 0.3) is 11.4 Å². The SMILES string of the molecule is CC(C1CC2CCC1C2)n1nnnc1-c1ccccc1N. The van der Waals surface area contributed by atoms with Crippen molar-refractivity contribution in [2.24, 2.45) is 17.8 Å². The highest BCUT2D eigenvalue weighted by Gasteiger charge is 2.43. The third-order valence-electron chi connectivity index (χ3n) is 5.49. The molecule has 2 aliphatic carbocycles. The molecule has 2 N–H and O–H groups in total. The number of hydrogen-bond donors (Lipinski definition) is 1. The summed E-state index contributed by atoms with van der Waals surface area (Å²) in [6.45, 7) is 2.25. The molecule has 1 aromatic heterocycles. The van der Waals surface area contributed by atoms with Gasteiger partial charge in [-0.3, -0.25) is 0 Å². The third-order valence-corrected chi connectivity index (χ3v) is 5.49. The fraction of sp³-hybridized carbons (Fsp3) is 0.562. The van der Waals surface area contributed by atoms with E-state index in [0.29, 0.717) is 12.0 Å². The maximum absolute atomic E-state index is 6.09. The number of rotatable bonds is 3. The van der Waals surface area contributed by atoms with Gasteiger partial charge in [0.05, 0.1) is 6.04 Å². The normalized spacial score (nSPS) is 28.9. The molecule has 2 aliphatic rings. The Hall–Kier alpha value is -1.91. The summed E-state index contributed by atoms with van der Waals surface area (Å²) in [5.41, 5.74) is 7.74. The number of anilines is 1. The van der Waals surface area contributed by atoms with Crippen molar-refractivity contribution in [3.05, 3.63) is 24.3 Å². The summed E-state index contributed by atoms with van der Waals surface area (Å²) in [6.07, 6.45) is 5.53. The highest BCUT2D eigenvalue weighted by molar-refractivity contribution is 5.71. The van der Waals surface area contributed by atoms with E-state index in [9.17, 15) is 0 Å². The molecule has 4 rings (SSSR count). The van der Waals surface area contributed by atoms with Gasteiger partial charge in [-0.1, -0.05) is 18.6 Å². The van der Waals surface area contributed by atoms with Crippen LogP contribution in [-0.2, 0) is 0 Å². The molecule has 2 aromatic rings. The fourth-order valence-corrected chi connectivity index (χ4v) is 4.41. The second-order valence-corrected chi connectivity index (χ2v) is 6.61. The molecule has 21 heavy (non-hydrogen) atoms. The monoisotopic (exact) mass is 283 g/mol. The molecule has 4 unspecified atom stereocenters. The number of hydrogen-bond acceptors (Lipinski definition) is 4. The number of nitrogens with two attached hydrogens (primary N) is 1. The van der Waals surface area contributed by atoms with Gasteiger partial charge in [0, 0.05) is 11.3 Å². The van der Waals surface area contributed by atoms with Gasteiger partial charge in [-0.2, -0.15) is 0 Å². The second kappa shape index (κ2) is 4.83. The molecule has 0 radical (unpaired) electrons. The van der Waals surface area contributed by atoms with Gasteiger partial charge in [0.2, 0.25) is 0 Å². The van der Waals surface area contributed by atoms with Crippen LogP contribution in [-0.4, -0.2) is 20.2 Å². The summed E-state index contributed by atoms with van der Waals surface area (Å²) in [5.74, 6) is 3.29. The first kappa shape index (κ1) is 12.8. The van der Waals surface area contributed by atoms with Gasteiger partial charge < -0.3 is 5.73 Å². The van der Waals surface area contributed by atoms with E-state index in [4.69, 9.17) is 5.73 Å². The van der Waals surface area contributed by atoms with Crippen LogP contribution in [0.1, 0.15) is 38.6 Å². The van der Waals surface area contributed by atoms with Gasteiger partial charge in [0.1, 0.15) is 0 Å². The zero-order valence-corrected chi connectivity index (χ0v) is 12.3. The zero-order chi connectivity index (χ0) is 14.4. The predicted molar refractivity (Wildman–Crippen MR) is 81.3 cm³/mol. The van der Waals surface area contributed by atoms with Crippen molar-refractivity contribution in [1.29, 1.82) is 0 Å². The lowest BCUT2D eigenvalue weighted by Crippen LogP contribution is -2.23. The minimum absolute atomic E-state index is 0.338. The molecule has 2 saturated carbocycles. The molecular weight excluding hydrogens is 262 g/mol. The second-order valence-electron chi connectivity index (χ2n) is 6.61. The molecule has 0 aliphatic heterocycles. The first-order valence-corrected chi connectivity index (χ1v) is 7.86. The molecular formula is C16H21N5. The topological polar surface area (TPSA) is 69.6 Å². The Morgan fingerprint density at radius 2 is 2.10 bits per heavy atom. The standard InChI is InChI=1S/C16H21N5/c1-10(14-9-11-6-7-12(14)8-11)21-16(18-19-20-21)13-4-2-3-5-15(13)17/h2-5,10-12,14H,6-9,17H2,1H3. The Morgan fingerprint density at radius 1 is 1.24 bits per heavy atom. The molecule has 110 valence electrons. The van der Waals surface area contributed by atoms with Crippen LogP contribution in [0.5, 0.6) is 0 Å². The highest BCUT2D eigenvalue weighted by Crippen LogP contribution is 2.52. The number of nitrogen functional groups attached to an aromatic ring is 1.